The monoisotopic (exact) mass is 326 g/mol. The van der Waals surface area contributed by atoms with Gasteiger partial charge in [0.15, 0.2) is 0 Å². The van der Waals surface area contributed by atoms with Crippen molar-refractivity contribution >= 4 is 46.1 Å². The minimum absolute atomic E-state index is 0.284. The molecule has 0 amide bonds. The molecule has 0 unspecified atom stereocenters. The molecule has 0 saturated heterocycles. The van der Waals surface area contributed by atoms with E-state index in [0.717, 1.165) is 5.56 Å². The smallest absolute Gasteiger partial charge is 0.0984 e. The second-order valence-corrected chi connectivity index (χ2v) is 5.63. The standard InChI is InChI=1S/C12H10.C8H6Cl2/c1-2-10-7-5-8-11-6-3-4-9-12(10)11;9-8(10)6-7-4-2-1-3-5-7/h2-9H,1H2;1-6H. The van der Waals surface area contributed by atoms with E-state index in [2.05, 4.69) is 49.0 Å². The summed E-state index contributed by atoms with van der Waals surface area (Å²) in [4.78, 5) is 0. The first-order valence-electron chi connectivity index (χ1n) is 6.88. The van der Waals surface area contributed by atoms with Crippen LogP contribution in [0.2, 0.25) is 0 Å². The fourth-order valence-electron chi connectivity index (χ4n) is 2.10. The Bertz CT molecular complexity index is 765. The zero-order valence-corrected chi connectivity index (χ0v) is 13.6. The van der Waals surface area contributed by atoms with Crippen molar-refractivity contribution in [1.29, 1.82) is 0 Å². The number of hydrogen-bond donors (Lipinski definition) is 0. The van der Waals surface area contributed by atoms with Gasteiger partial charge in [-0.15, -0.1) is 0 Å². The van der Waals surface area contributed by atoms with Crippen LogP contribution >= 0.6 is 23.2 Å². The van der Waals surface area contributed by atoms with Crippen molar-refractivity contribution in [3.63, 3.8) is 0 Å². The number of benzene rings is 3. The molecule has 3 rings (SSSR count). The van der Waals surface area contributed by atoms with Crippen molar-refractivity contribution < 1.29 is 0 Å². The van der Waals surface area contributed by atoms with Gasteiger partial charge < -0.3 is 0 Å². The highest BCUT2D eigenvalue weighted by atomic mass is 35.5. The van der Waals surface area contributed by atoms with Gasteiger partial charge in [0.1, 0.15) is 4.49 Å². The van der Waals surface area contributed by atoms with Gasteiger partial charge in [-0.3, -0.25) is 0 Å². The highest BCUT2D eigenvalue weighted by Crippen LogP contribution is 2.18. The Hall–Kier alpha value is -2.02. The molecule has 0 bridgehead atoms. The molecule has 2 heteroatoms. The van der Waals surface area contributed by atoms with Gasteiger partial charge in [-0.25, -0.2) is 0 Å². The molecular formula is C20H16Cl2. The predicted molar refractivity (Wildman–Crippen MR) is 100 cm³/mol. The summed E-state index contributed by atoms with van der Waals surface area (Å²) in [6, 6.07) is 24.3. The molecule has 0 radical (unpaired) electrons. The average molecular weight is 327 g/mol. The Morgan fingerprint density at radius 2 is 1.41 bits per heavy atom. The molecule has 0 aromatic heterocycles. The van der Waals surface area contributed by atoms with Gasteiger partial charge in [0, 0.05) is 0 Å². The van der Waals surface area contributed by atoms with Crippen LogP contribution < -0.4 is 0 Å². The lowest BCUT2D eigenvalue weighted by atomic mass is 10.1. The minimum atomic E-state index is 0.284. The zero-order valence-electron chi connectivity index (χ0n) is 12.0. The Kier molecular flexibility index (Phi) is 6.27. The van der Waals surface area contributed by atoms with E-state index in [4.69, 9.17) is 23.2 Å². The Morgan fingerprint density at radius 3 is 2.09 bits per heavy atom. The highest BCUT2D eigenvalue weighted by molar-refractivity contribution is 6.57. The third kappa shape index (κ3) is 4.77. The quantitative estimate of drug-likeness (QED) is 0.478. The van der Waals surface area contributed by atoms with E-state index < -0.39 is 0 Å². The van der Waals surface area contributed by atoms with Crippen molar-refractivity contribution in [1.82, 2.24) is 0 Å². The summed E-state index contributed by atoms with van der Waals surface area (Å²) in [5.74, 6) is 0. The van der Waals surface area contributed by atoms with Crippen LogP contribution in [0.1, 0.15) is 11.1 Å². The molecule has 22 heavy (non-hydrogen) atoms. The number of fused-ring (bicyclic) bond motifs is 1. The molecule has 110 valence electrons. The molecule has 0 aliphatic heterocycles. The van der Waals surface area contributed by atoms with E-state index in [1.807, 2.05) is 36.4 Å². The summed E-state index contributed by atoms with van der Waals surface area (Å²) in [6.07, 6.45) is 3.59. The number of halogens is 2. The molecule has 0 heterocycles. The molecule has 0 atom stereocenters. The van der Waals surface area contributed by atoms with E-state index in [1.165, 1.54) is 16.3 Å². The lowest BCUT2D eigenvalue weighted by Crippen LogP contribution is -1.75. The Morgan fingerprint density at radius 1 is 0.773 bits per heavy atom. The third-order valence-corrected chi connectivity index (χ3v) is 3.34. The maximum atomic E-state index is 5.44. The van der Waals surface area contributed by atoms with Crippen LogP contribution in [0.15, 0.2) is 83.9 Å². The molecule has 0 N–H and O–H groups in total. The van der Waals surface area contributed by atoms with E-state index in [0.29, 0.717) is 0 Å². The topological polar surface area (TPSA) is 0 Å². The predicted octanol–water partition coefficient (Wildman–Crippen LogP) is 6.95. The molecule has 0 fully saturated rings. The summed E-state index contributed by atoms with van der Waals surface area (Å²) in [6.45, 7) is 3.78. The SMILES string of the molecule is C=Cc1cccc2ccccc12.ClC(Cl)=Cc1ccccc1. The van der Waals surface area contributed by atoms with Crippen molar-refractivity contribution in [2.24, 2.45) is 0 Å². The van der Waals surface area contributed by atoms with E-state index in [-0.39, 0.29) is 4.49 Å². The van der Waals surface area contributed by atoms with Gasteiger partial charge >= 0.3 is 0 Å². The van der Waals surface area contributed by atoms with Crippen LogP contribution in [0.5, 0.6) is 0 Å². The molecule has 0 spiro atoms. The van der Waals surface area contributed by atoms with Gasteiger partial charge in [0.05, 0.1) is 0 Å². The van der Waals surface area contributed by atoms with Crippen molar-refractivity contribution in [2.45, 2.75) is 0 Å². The maximum absolute atomic E-state index is 5.44. The average Bonchev–Trinajstić information content (AvgIpc) is 2.55. The summed E-state index contributed by atoms with van der Waals surface area (Å²) in [7, 11) is 0. The molecule has 0 aliphatic rings. The highest BCUT2D eigenvalue weighted by Gasteiger charge is 1.93. The lowest BCUT2D eigenvalue weighted by molar-refractivity contribution is 1.66. The largest absolute Gasteiger partial charge is 0.107 e. The molecule has 0 nitrogen and oxygen atoms in total. The molecule has 3 aromatic carbocycles. The second-order valence-electron chi connectivity index (χ2n) is 4.62. The number of hydrogen-bond acceptors (Lipinski definition) is 0. The van der Waals surface area contributed by atoms with Crippen LogP contribution in [0.25, 0.3) is 22.9 Å². The van der Waals surface area contributed by atoms with Crippen LogP contribution in [-0.2, 0) is 0 Å². The second kappa shape index (κ2) is 8.43. The summed E-state index contributed by atoms with van der Waals surface area (Å²) in [5, 5.41) is 2.55. The summed E-state index contributed by atoms with van der Waals surface area (Å²) < 4.78 is 0.284. The number of rotatable bonds is 2. The van der Waals surface area contributed by atoms with Crippen LogP contribution in [0.3, 0.4) is 0 Å². The van der Waals surface area contributed by atoms with Gasteiger partial charge in [0.25, 0.3) is 0 Å². The third-order valence-electron chi connectivity index (χ3n) is 3.12. The van der Waals surface area contributed by atoms with Crippen molar-refractivity contribution in [2.75, 3.05) is 0 Å². The minimum Gasteiger partial charge on any atom is -0.0984 e. The van der Waals surface area contributed by atoms with Gasteiger partial charge in [-0.05, 0) is 28.0 Å². The van der Waals surface area contributed by atoms with E-state index in [1.54, 1.807) is 6.08 Å². The van der Waals surface area contributed by atoms with E-state index >= 15 is 0 Å². The Labute approximate surface area is 141 Å². The molecule has 0 saturated carbocycles. The van der Waals surface area contributed by atoms with Crippen molar-refractivity contribution in [3.05, 3.63) is 95.0 Å². The first-order valence-corrected chi connectivity index (χ1v) is 7.64. The summed E-state index contributed by atoms with van der Waals surface area (Å²) >= 11 is 10.9. The zero-order chi connectivity index (χ0) is 15.8. The lowest BCUT2D eigenvalue weighted by Gasteiger charge is -1.99. The van der Waals surface area contributed by atoms with Crippen LogP contribution in [-0.4, -0.2) is 0 Å². The first-order chi connectivity index (χ1) is 10.7. The molecular weight excluding hydrogens is 311 g/mol. The fraction of sp³-hybridized carbons (Fsp3) is 0. The maximum Gasteiger partial charge on any atom is 0.107 e. The van der Waals surface area contributed by atoms with E-state index in [9.17, 15) is 0 Å². The van der Waals surface area contributed by atoms with Crippen LogP contribution in [0, 0.1) is 0 Å². The summed E-state index contributed by atoms with van der Waals surface area (Å²) in [5.41, 5.74) is 2.22. The van der Waals surface area contributed by atoms with Gasteiger partial charge in [0.2, 0.25) is 0 Å². The Balaban J connectivity index is 0.000000164. The van der Waals surface area contributed by atoms with Crippen LogP contribution in [0.4, 0.5) is 0 Å². The fourth-order valence-corrected chi connectivity index (χ4v) is 2.36. The van der Waals surface area contributed by atoms with Crippen molar-refractivity contribution in [3.8, 4) is 0 Å². The normalized spacial score (nSPS) is 9.55. The van der Waals surface area contributed by atoms with Gasteiger partial charge in [-0.1, -0.05) is 109 Å². The molecule has 0 aliphatic carbocycles. The first kappa shape index (κ1) is 16.4. The van der Waals surface area contributed by atoms with Gasteiger partial charge in [-0.2, -0.15) is 0 Å². The molecule has 3 aromatic rings.